The minimum absolute atomic E-state index is 0.0369. The molecule has 17 heavy (non-hydrogen) atoms. The van der Waals surface area contributed by atoms with Gasteiger partial charge in [0.1, 0.15) is 5.56 Å². The molecule has 0 radical (unpaired) electrons. The molecule has 0 fully saturated rings. The number of rotatable bonds is 4. The minimum Gasteiger partial charge on any atom is -0.493 e. The number of benzene rings is 1. The lowest BCUT2D eigenvalue weighted by Crippen LogP contribution is -2.11. The van der Waals surface area contributed by atoms with Gasteiger partial charge in [-0.15, -0.1) is 0 Å². The summed E-state index contributed by atoms with van der Waals surface area (Å²) in [6, 6.07) is 1.14. The van der Waals surface area contributed by atoms with Crippen molar-refractivity contribution < 1.29 is 23.4 Å². The van der Waals surface area contributed by atoms with Crippen LogP contribution in [-0.4, -0.2) is 26.2 Å². The number of hydrogen-bond acceptors (Lipinski definition) is 5. The molecule has 0 spiro atoms. The third kappa shape index (κ3) is 1.91. The fourth-order valence-corrected chi connectivity index (χ4v) is 1.70. The molecular weight excluding hydrogens is 229 g/mol. The molecule has 6 heteroatoms. The average Bonchev–Trinajstić information content (AvgIpc) is 2.74. The minimum atomic E-state index is -0.655. The predicted molar refractivity (Wildman–Crippen MR) is 57.1 cm³/mol. The summed E-state index contributed by atoms with van der Waals surface area (Å²) in [5.41, 5.74) is 5.37. The molecule has 5 nitrogen and oxygen atoms in total. The summed E-state index contributed by atoms with van der Waals surface area (Å²) in [5, 5.41) is 0. The molecule has 1 aliphatic rings. The summed E-state index contributed by atoms with van der Waals surface area (Å²) in [5.74, 6) is -0.680. The molecule has 0 unspecified atom stereocenters. The Kier molecular flexibility index (Phi) is 3.14. The molecule has 1 aliphatic heterocycles. The molecule has 0 aromatic heterocycles. The number of nitrogens with two attached hydrogens (primary N) is 1. The molecule has 0 bridgehead atoms. The summed E-state index contributed by atoms with van der Waals surface area (Å²) < 4.78 is 28.8. The van der Waals surface area contributed by atoms with Gasteiger partial charge in [-0.2, -0.15) is 0 Å². The molecule has 1 heterocycles. The SMILES string of the molecule is COc1c(F)cc2c(c1C(=O)CCN)OCO2. The number of methoxy groups -OCH3 is 1. The Balaban J connectivity index is 2.57. The molecule has 1 aromatic carbocycles. The zero-order chi connectivity index (χ0) is 12.4. The van der Waals surface area contributed by atoms with Crippen molar-refractivity contribution >= 4 is 5.78 Å². The average molecular weight is 241 g/mol. The lowest BCUT2D eigenvalue weighted by molar-refractivity contribution is 0.0977. The number of fused-ring (bicyclic) bond motifs is 1. The monoisotopic (exact) mass is 241 g/mol. The Morgan fingerprint density at radius 3 is 3.00 bits per heavy atom. The van der Waals surface area contributed by atoms with Gasteiger partial charge in [0.15, 0.2) is 28.8 Å². The van der Waals surface area contributed by atoms with Crippen LogP contribution in [0.3, 0.4) is 0 Å². The smallest absolute Gasteiger partial charge is 0.231 e. The van der Waals surface area contributed by atoms with Gasteiger partial charge in [-0.3, -0.25) is 4.79 Å². The van der Waals surface area contributed by atoms with E-state index in [1.54, 1.807) is 0 Å². The van der Waals surface area contributed by atoms with Crippen LogP contribution in [-0.2, 0) is 0 Å². The third-order valence-electron chi connectivity index (χ3n) is 2.42. The van der Waals surface area contributed by atoms with Crippen LogP contribution < -0.4 is 19.9 Å². The first-order valence-corrected chi connectivity index (χ1v) is 5.08. The number of hydrogen-bond donors (Lipinski definition) is 1. The second kappa shape index (κ2) is 4.58. The van der Waals surface area contributed by atoms with Crippen LogP contribution >= 0.6 is 0 Å². The Labute approximate surface area is 97.3 Å². The van der Waals surface area contributed by atoms with Gasteiger partial charge in [-0.05, 0) is 6.54 Å². The van der Waals surface area contributed by atoms with Crippen molar-refractivity contribution in [3.05, 3.63) is 17.4 Å². The maximum absolute atomic E-state index is 13.7. The quantitative estimate of drug-likeness (QED) is 0.799. The highest BCUT2D eigenvalue weighted by atomic mass is 19.1. The van der Waals surface area contributed by atoms with Crippen LogP contribution in [0.5, 0.6) is 17.2 Å². The van der Waals surface area contributed by atoms with E-state index < -0.39 is 5.82 Å². The van der Waals surface area contributed by atoms with Crippen molar-refractivity contribution in [3.8, 4) is 17.2 Å². The lowest BCUT2D eigenvalue weighted by Gasteiger charge is -2.11. The van der Waals surface area contributed by atoms with Gasteiger partial charge in [-0.1, -0.05) is 0 Å². The van der Waals surface area contributed by atoms with Gasteiger partial charge >= 0.3 is 0 Å². The number of carbonyl (C=O) groups is 1. The summed E-state index contributed by atoms with van der Waals surface area (Å²) in [6.45, 7) is 0.138. The van der Waals surface area contributed by atoms with Crippen molar-refractivity contribution in [2.45, 2.75) is 6.42 Å². The van der Waals surface area contributed by atoms with E-state index in [1.807, 2.05) is 0 Å². The molecule has 0 aliphatic carbocycles. The molecule has 0 amide bonds. The lowest BCUT2D eigenvalue weighted by atomic mass is 10.0. The Bertz CT molecular complexity index is 458. The normalized spacial score (nSPS) is 12.6. The first-order valence-electron chi connectivity index (χ1n) is 5.08. The van der Waals surface area contributed by atoms with Crippen LogP contribution in [0, 0.1) is 5.82 Å². The van der Waals surface area contributed by atoms with Crippen molar-refractivity contribution in [3.63, 3.8) is 0 Å². The fourth-order valence-electron chi connectivity index (χ4n) is 1.70. The van der Waals surface area contributed by atoms with E-state index in [1.165, 1.54) is 7.11 Å². The van der Waals surface area contributed by atoms with Gasteiger partial charge in [0, 0.05) is 12.5 Å². The van der Waals surface area contributed by atoms with E-state index in [9.17, 15) is 9.18 Å². The molecule has 2 rings (SSSR count). The first-order chi connectivity index (χ1) is 8.19. The van der Waals surface area contributed by atoms with E-state index >= 15 is 0 Å². The van der Waals surface area contributed by atoms with Gasteiger partial charge in [0.2, 0.25) is 6.79 Å². The van der Waals surface area contributed by atoms with Crippen molar-refractivity contribution in [2.24, 2.45) is 5.73 Å². The van der Waals surface area contributed by atoms with Crippen molar-refractivity contribution in [1.29, 1.82) is 0 Å². The van der Waals surface area contributed by atoms with Crippen molar-refractivity contribution in [2.75, 3.05) is 20.4 Å². The van der Waals surface area contributed by atoms with Crippen molar-refractivity contribution in [1.82, 2.24) is 0 Å². The van der Waals surface area contributed by atoms with Crippen LogP contribution in [0.4, 0.5) is 4.39 Å². The Morgan fingerprint density at radius 2 is 2.35 bits per heavy atom. The fraction of sp³-hybridized carbons (Fsp3) is 0.364. The standard InChI is InChI=1S/C11H12FNO4/c1-15-10-6(12)4-8-11(17-5-16-8)9(10)7(14)2-3-13/h4H,2-3,5,13H2,1H3. The van der Waals surface area contributed by atoms with Crippen LogP contribution in [0.2, 0.25) is 0 Å². The molecule has 0 atom stereocenters. The summed E-state index contributed by atoms with van der Waals surface area (Å²) in [6.07, 6.45) is 0.0929. The number of carbonyl (C=O) groups excluding carboxylic acids is 1. The molecule has 1 aromatic rings. The maximum Gasteiger partial charge on any atom is 0.231 e. The Hall–Kier alpha value is -1.82. The van der Waals surface area contributed by atoms with E-state index in [0.29, 0.717) is 0 Å². The van der Waals surface area contributed by atoms with Gasteiger partial charge in [0.25, 0.3) is 0 Å². The number of ether oxygens (including phenoxy) is 3. The van der Waals surface area contributed by atoms with Gasteiger partial charge in [0.05, 0.1) is 7.11 Å². The molecule has 0 saturated heterocycles. The summed E-state index contributed by atoms with van der Waals surface area (Å²) in [4.78, 5) is 11.9. The maximum atomic E-state index is 13.7. The van der Waals surface area contributed by atoms with Crippen LogP contribution in [0.25, 0.3) is 0 Å². The molecular formula is C11H12FNO4. The number of halogens is 1. The molecule has 92 valence electrons. The van der Waals surface area contributed by atoms with E-state index in [2.05, 4.69) is 0 Å². The molecule has 0 saturated carbocycles. The first kappa shape index (κ1) is 11.7. The number of ketones is 1. The third-order valence-corrected chi connectivity index (χ3v) is 2.42. The molecule has 2 N–H and O–H groups in total. The van der Waals surface area contributed by atoms with E-state index in [-0.39, 0.29) is 48.4 Å². The van der Waals surface area contributed by atoms with E-state index in [4.69, 9.17) is 19.9 Å². The van der Waals surface area contributed by atoms with Crippen LogP contribution in [0.15, 0.2) is 6.07 Å². The highest BCUT2D eigenvalue weighted by molar-refractivity contribution is 6.02. The van der Waals surface area contributed by atoms with Gasteiger partial charge in [-0.25, -0.2) is 4.39 Å². The summed E-state index contributed by atoms with van der Waals surface area (Å²) in [7, 11) is 1.29. The number of Topliss-reactive ketones (excluding diaryl/α,β-unsaturated/α-hetero) is 1. The zero-order valence-electron chi connectivity index (χ0n) is 9.29. The zero-order valence-corrected chi connectivity index (χ0v) is 9.29. The highest BCUT2D eigenvalue weighted by Gasteiger charge is 2.29. The predicted octanol–water partition coefficient (Wildman–Crippen LogP) is 1.09. The largest absolute Gasteiger partial charge is 0.493 e. The second-order valence-corrected chi connectivity index (χ2v) is 3.46. The summed E-state index contributed by atoms with van der Waals surface area (Å²) >= 11 is 0. The Morgan fingerprint density at radius 1 is 1.59 bits per heavy atom. The highest BCUT2D eigenvalue weighted by Crippen LogP contribution is 2.43. The topological polar surface area (TPSA) is 70.8 Å². The second-order valence-electron chi connectivity index (χ2n) is 3.46. The van der Waals surface area contributed by atoms with Crippen LogP contribution in [0.1, 0.15) is 16.8 Å². The van der Waals surface area contributed by atoms with Gasteiger partial charge < -0.3 is 19.9 Å². The van der Waals surface area contributed by atoms with E-state index in [0.717, 1.165) is 6.07 Å².